The summed E-state index contributed by atoms with van der Waals surface area (Å²) in [6.07, 6.45) is -1.61. The number of para-hydroxylation sites is 1. The van der Waals surface area contributed by atoms with E-state index >= 15 is 0 Å². The molecule has 0 atom stereocenters. The Morgan fingerprint density at radius 2 is 1.82 bits per heavy atom. The molecule has 28 heavy (non-hydrogen) atoms. The number of aryl methyl sites for hydroxylation is 1. The molecule has 7 heteroatoms. The van der Waals surface area contributed by atoms with Gasteiger partial charge in [-0.05, 0) is 43.5 Å². The van der Waals surface area contributed by atoms with Gasteiger partial charge in [0.1, 0.15) is 0 Å². The predicted octanol–water partition coefficient (Wildman–Crippen LogP) is 4.87. The summed E-state index contributed by atoms with van der Waals surface area (Å²) < 4.78 is 40.7. The monoisotopic (exact) mass is 385 g/mol. The third kappa shape index (κ3) is 3.28. The Kier molecular flexibility index (Phi) is 4.25. The number of nitrogens with one attached hydrogen (secondary N) is 1. The van der Waals surface area contributed by atoms with Gasteiger partial charge in [0.15, 0.2) is 5.82 Å². The van der Waals surface area contributed by atoms with Gasteiger partial charge in [-0.15, -0.1) is 5.10 Å². The highest BCUT2D eigenvalue weighted by Gasteiger charge is 2.52. The molecule has 1 aliphatic rings. The molecule has 1 saturated carbocycles. The van der Waals surface area contributed by atoms with E-state index in [1.807, 2.05) is 37.3 Å². The van der Waals surface area contributed by atoms with Crippen LogP contribution in [0.15, 0.2) is 60.8 Å². The molecule has 0 bridgehead atoms. The smallest absolute Gasteiger partial charge is 0.308 e. The molecule has 2 aromatic carbocycles. The number of alkyl halides is 3. The maximum absolute atomic E-state index is 13.0. The highest BCUT2D eigenvalue weighted by Crippen LogP contribution is 2.50. The number of amides is 1. The van der Waals surface area contributed by atoms with E-state index in [4.69, 9.17) is 0 Å². The molecule has 1 heterocycles. The molecule has 1 amide bonds. The molecule has 0 spiro atoms. The molecule has 0 aliphatic heterocycles. The lowest BCUT2D eigenvalue weighted by Gasteiger charge is -2.17. The zero-order chi connectivity index (χ0) is 19.9. The van der Waals surface area contributed by atoms with Gasteiger partial charge in [0, 0.05) is 11.8 Å². The third-order valence-corrected chi connectivity index (χ3v) is 5.08. The normalized spacial score (nSPS) is 15.3. The number of halogens is 3. The standard InChI is InChI=1S/C21H18F3N3O/c1-14-13-27(17-8-3-2-4-9-17)26-18(14)25-19(28)20(10-11-20)15-6-5-7-16(12-15)21(22,23)24/h2-9,12-13H,10-11H2,1H3,(H,25,26,28). The Labute approximate surface area is 160 Å². The lowest BCUT2D eigenvalue weighted by molar-refractivity contribution is -0.137. The molecule has 1 N–H and O–H groups in total. The van der Waals surface area contributed by atoms with Crippen LogP contribution in [-0.2, 0) is 16.4 Å². The van der Waals surface area contributed by atoms with Gasteiger partial charge >= 0.3 is 6.18 Å². The highest BCUT2D eigenvalue weighted by molar-refractivity contribution is 6.01. The summed E-state index contributed by atoms with van der Waals surface area (Å²) in [6, 6.07) is 14.5. The quantitative estimate of drug-likeness (QED) is 0.697. The predicted molar refractivity (Wildman–Crippen MR) is 99.3 cm³/mol. The zero-order valence-corrected chi connectivity index (χ0v) is 15.1. The van der Waals surface area contributed by atoms with Crippen LogP contribution in [-0.4, -0.2) is 15.7 Å². The first kappa shape index (κ1) is 18.3. The van der Waals surface area contributed by atoms with Crippen LogP contribution in [0.25, 0.3) is 5.69 Å². The minimum Gasteiger partial charge on any atom is -0.308 e. The molecular formula is C21H18F3N3O. The second-order valence-electron chi connectivity index (χ2n) is 7.06. The van der Waals surface area contributed by atoms with Crippen molar-refractivity contribution in [2.75, 3.05) is 5.32 Å². The summed E-state index contributed by atoms with van der Waals surface area (Å²) >= 11 is 0. The van der Waals surface area contributed by atoms with E-state index in [1.54, 1.807) is 16.9 Å². The number of nitrogens with zero attached hydrogens (tertiary/aromatic N) is 2. The van der Waals surface area contributed by atoms with Crippen LogP contribution in [0.5, 0.6) is 0 Å². The van der Waals surface area contributed by atoms with Gasteiger partial charge in [0.2, 0.25) is 5.91 Å². The van der Waals surface area contributed by atoms with Crippen LogP contribution in [0.4, 0.5) is 19.0 Å². The Balaban J connectivity index is 1.59. The van der Waals surface area contributed by atoms with Crippen molar-refractivity contribution in [1.82, 2.24) is 9.78 Å². The molecule has 144 valence electrons. The topological polar surface area (TPSA) is 46.9 Å². The average molecular weight is 385 g/mol. The van der Waals surface area contributed by atoms with Crippen molar-refractivity contribution in [2.45, 2.75) is 31.4 Å². The van der Waals surface area contributed by atoms with Crippen LogP contribution in [0.2, 0.25) is 0 Å². The van der Waals surface area contributed by atoms with Crippen molar-refractivity contribution in [3.63, 3.8) is 0 Å². The molecule has 4 rings (SSSR count). The zero-order valence-electron chi connectivity index (χ0n) is 15.1. The average Bonchev–Trinajstić information content (AvgIpc) is 3.42. The van der Waals surface area contributed by atoms with E-state index in [0.717, 1.165) is 23.4 Å². The van der Waals surface area contributed by atoms with Gasteiger partial charge in [-0.3, -0.25) is 4.79 Å². The molecule has 0 saturated heterocycles. The first-order chi connectivity index (χ1) is 13.3. The first-order valence-electron chi connectivity index (χ1n) is 8.90. The van der Waals surface area contributed by atoms with Gasteiger partial charge in [0.25, 0.3) is 0 Å². The Bertz CT molecular complexity index is 1020. The second-order valence-corrected chi connectivity index (χ2v) is 7.06. The van der Waals surface area contributed by atoms with E-state index in [0.29, 0.717) is 24.2 Å². The largest absolute Gasteiger partial charge is 0.416 e. The van der Waals surface area contributed by atoms with Crippen LogP contribution in [0.3, 0.4) is 0 Å². The fourth-order valence-corrected chi connectivity index (χ4v) is 3.29. The van der Waals surface area contributed by atoms with Crippen molar-refractivity contribution < 1.29 is 18.0 Å². The Morgan fingerprint density at radius 3 is 2.46 bits per heavy atom. The van der Waals surface area contributed by atoms with E-state index in [-0.39, 0.29) is 5.91 Å². The molecule has 1 aliphatic carbocycles. The van der Waals surface area contributed by atoms with Gasteiger partial charge in [-0.1, -0.05) is 36.4 Å². The Morgan fingerprint density at radius 1 is 1.11 bits per heavy atom. The van der Waals surface area contributed by atoms with Crippen molar-refractivity contribution >= 4 is 11.7 Å². The lowest BCUT2D eigenvalue weighted by atomic mass is 9.93. The minimum absolute atomic E-state index is 0.326. The lowest BCUT2D eigenvalue weighted by Crippen LogP contribution is -2.28. The number of aromatic nitrogens is 2. The van der Waals surface area contributed by atoms with Crippen molar-refractivity contribution in [2.24, 2.45) is 0 Å². The number of benzene rings is 2. The summed E-state index contributed by atoms with van der Waals surface area (Å²) in [5.41, 5.74) is 0.347. The number of carbonyl (C=O) groups is 1. The van der Waals surface area contributed by atoms with Gasteiger partial charge in [-0.25, -0.2) is 4.68 Å². The summed E-state index contributed by atoms with van der Waals surface area (Å²) in [7, 11) is 0. The van der Waals surface area contributed by atoms with Crippen LogP contribution >= 0.6 is 0 Å². The number of hydrogen-bond acceptors (Lipinski definition) is 2. The van der Waals surface area contributed by atoms with Gasteiger partial charge in [-0.2, -0.15) is 13.2 Å². The van der Waals surface area contributed by atoms with Gasteiger partial charge in [0.05, 0.1) is 16.7 Å². The van der Waals surface area contributed by atoms with Crippen LogP contribution in [0, 0.1) is 6.92 Å². The van der Waals surface area contributed by atoms with Gasteiger partial charge < -0.3 is 5.32 Å². The molecule has 3 aromatic rings. The van der Waals surface area contributed by atoms with E-state index in [2.05, 4.69) is 10.4 Å². The molecular weight excluding hydrogens is 367 g/mol. The van der Waals surface area contributed by atoms with Crippen molar-refractivity contribution in [1.29, 1.82) is 0 Å². The summed E-state index contributed by atoms with van der Waals surface area (Å²) in [5.74, 6) is 0.0836. The molecule has 1 fully saturated rings. The number of hydrogen-bond donors (Lipinski definition) is 1. The van der Waals surface area contributed by atoms with E-state index < -0.39 is 17.2 Å². The fourth-order valence-electron chi connectivity index (χ4n) is 3.29. The maximum atomic E-state index is 13.0. The first-order valence-corrected chi connectivity index (χ1v) is 8.90. The van der Waals surface area contributed by atoms with Crippen molar-refractivity contribution in [3.05, 3.63) is 77.5 Å². The molecule has 4 nitrogen and oxygen atoms in total. The summed E-state index contributed by atoms with van der Waals surface area (Å²) in [4.78, 5) is 12.9. The van der Waals surface area contributed by atoms with Crippen LogP contribution < -0.4 is 5.32 Å². The van der Waals surface area contributed by atoms with Crippen LogP contribution in [0.1, 0.15) is 29.5 Å². The summed E-state index contributed by atoms with van der Waals surface area (Å²) in [5, 5.41) is 7.22. The second kappa shape index (κ2) is 6.51. The number of carbonyl (C=O) groups excluding carboxylic acids is 1. The number of rotatable bonds is 4. The molecule has 0 unspecified atom stereocenters. The highest BCUT2D eigenvalue weighted by atomic mass is 19.4. The Hall–Kier alpha value is -3.09. The van der Waals surface area contributed by atoms with E-state index in [9.17, 15) is 18.0 Å². The van der Waals surface area contributed by atoms with E-state index in [1.165, 1.54) is 6.07 Å². The minimum atomic E-state index is -4.44. The number of anilines is 1. The SMILES string of the molecule is Cc1cn(-c2ccccc2)nc1NC(=O)C1(c2cccc(C(F)(F)F)c2)CC1. The maximum Gasteiger partial charge on any atom is 0.416 e. The summed E-state index contributed by atoms with van der Waals surface area (Å²) in [6.45, 7) is 1.83. The third-order valence-electron chi connectivity index (χ3n) is 5.08. The van der Waals surface area contributed by atoms with Crippen molar-refractivity contribution in [3.8, 4) is 5.69 Å². The molecule has 1 aromatic heterocycles. The molecule has 0 radical (unpaired) electrons. The fraction of sp³-hybridized carbons (Fsp3) is 0.238.